The van der Waals surface area contributed by atoms with Crippen LogP contribution >= 0.6 is 15.9 Å². The molecule has 0 unspecified atom stereocenters. The van der Waals surface area contributed by atoms with Crippen LogP contribution in [0, 0.1) is 12.3 Å². The first-order valence-corrected chi connectivity index (χ1v) is 13.1. The Labute approximate surface area is 232 Å². The molecule has 4 heterocycles. The topological polar surface area (TPSA) is 145 Å². The fraction of sp³-hybridized carbons (Fsp3) is 0.333. The molecule has 11 nitrogen and oxygen atoms in total. The molecule has 1 saturated heterocycles. The lowest BCUT2D eigenvalue weighted by Crippen LogP contribution is -2.44. The number of esters is 1. The van der Waals surface area contributed by atoms with Crippen LogP contribution in [-0.2, 0) is 20.9 Å². The highest BCUT2D eigenvalue weighted by Crippen LogP contribution is 2.37. The Hall–Kier alpha value is -4.06. The van der Waals surface area contributed by atoms with E-state index in [-0.39, 0.29) is 29.6 Å². The van der Waals surface area contributed by atoms with Crippen molar-refractivity contribution in [3.63, 3.8) is 0 Å². The third-order valence-corrected chi connectivity index (χ3v) is 7.42. The molecular weight excluding hydrogens is 566 g/mol. The molecule has 0 spiro atoms. The number of ether oxygens (including phenoxy) is 1. The van der Waals surface area contributed by atoms with E-state index in [9.17, 15) is 14.4 Å². The van der Waals surface area contributed by atoms with Crippen LogP contribution in [0.3, 0.4) is 0 Å². The van der Waals surface area contributed by atoms with Crippen molar-refractivity contribution in [1.82, 2.24) is 24.4 Å². The van der Waals surface area contributed by atoms with Gasteiger partial charge >= 0.3 is 5.97 Å². The lowest BCUT2D eigenvalue weighted by molar-refractivity contribution is -0.137. The molecule has 1 atom stereocenters. The van der Waals surface area contributed by atoms with Gasteiger partial charge in [-0.05, 0) is 64.5 Å². The van der Waals surface area contributed by atoms with Crippen molar-refractivity contribution >= 4 is 67.3 Å². The highest BCUT2D eigenvalue weighted by molar-refractivity contribution is 9.10. The SMILES string of the molecule is COC(=O)c1cc(C)c2c(c1)c1c(N)ncnc1n2CC(=O)N1CC(C)(C)C[C@H]1C(=O)Nc1cccc(Br)n1. The molecule has 0 aliphatic carbocycles. The number of aromatic nitrogens is 4. The molecule has 1 fully saturated rings. The lowest BCUT2D eigenvalue weighted by atomic mass is 9.90. The number of carbonyl (C=O) groups excluding carboxylic acids is 3. The number of nitrogen functional groups attached to an aromatic ring is 1. The summed E-state index contributed by atoms with van der Waals surface area (Å²) in [6, 6.07) is 7.95. The van der Waals surface area contributed by atoms with E-state index in [0.29, 0.717) is 50.9 Å². The number of nitrogens with zero attached hydrogens (tertiary/aromatic N) is 5. The van der Waals surface area contributed by atoms with Gasteiger partial charge < -0.3 is 25.3 Å². The second-order valence-electron chi connectivity index (χ2n) is 10.5. The van der Waals surface area contributed by atoms with Crippen molar-refractivity contribution in [2.45, 2.75) is 39.8 Å². The van der Waals surface area contributed by atoms with Gasteiger partial charge in [-0.2, -0.15) is 0 Å². The van der Waals surface area contributed by atoms with Gasteiger partial charge in [0.2, 0.25) is 11.8 Å². The van der Waals surface area contributed by atoms with Crippen molar-refractivity contribution < 1.29 is 19.1 Å². The van der Waals surface area contributed by atoms with Gasteiger partial charge in [0.25, 0.3) is 0 Å². The number of pyridine rings is 1. The van der Waals surface area contributed by atoms with Crippen molar-refractivity contribution in [3.05, 3.63) is 52.4 Å². The van der Waals surface area contributed by atoms with Crippen LogP contribution in [0.25, 0.3) is 21.9 Å². The molecule has 202 valence electrons. The number of anilines is 2. The maximum absolute atomic E-state index is 13.9. The molecule has 1 aromatic carbocycles. The molecule has 39 heavy (non-hydrogen) atoms. The number of fused-ring (bicyclic) bond motifs is 3. The smallest absolute Gasteiger partial charge is 0.337 e. The third kappa shape index (κ3) is 4.91. The van der Waals surface area contributed by atoms with Crippen LogP contribution in [0.5, 0.6) is 0 Å². The number of halogens is 1. The maximum atomic E-state index is 13.9. The summed E-state index contributed by atoms with van der Waals surface area (Å²) in [5, 5.41) is 4.04. The van der Waals surface area contributed by atoms with Crippen molar-refractivity contribution in [2.75, 3.05) is 24.7 Å². The minimum atomic E-state index is -0.673. The maximum Gasteiger partial charge on any atom is 0.337 e. The fourth-order valence-corrected chi connectivity index (χ4v) is 5.70. The Morgan fingerprint density at radius 3 is 2.72 bits per heavy atom. The molecule has 12 heteroatoms. The number of amides is 2. The minimum Gasteiger partial charge on any atom is -0.465 e. The Morgan fingerprint density at radius 1 is 1.23 bits per heavy atom. The van der Waals surface area contributed by atoms with E-state index in [1.54, 1.807) is 39.8 Å². The minimum absolute atomic E-state index is 0.0795. The first kappa shape index (κ1) is 26.5. The fourth-order valence-electron chi connectivity index (χ4n) is 5.36. The molecule has 3 aromatic heterocycles. The largest absolute Gasteiger partial charge is 0.465 e. The first-order chi connectivity index (χ1) is 18.5. The molecule has 5 rings (SSSR count). The second-order valence-corrected chi connectivity index (χ2v) is 11.3. The van der Waals surface area contributed by atoms with Gasteiger partial charge in [-0.3, -0.25) is 9.59 Å². The third-order valence-electron chi connectivity index (χ3n) is 6.98. The molecule has 3 N–H and O–H groups in total. The number of methoxy groups -OCH3 is 1. The average molecular weight is 594 g/mol. The van der Waals surface area contributed by atoms with Gasteiger partial charge in [-0.15, -0.1) is 0 Å². The van der Waals surface area contributed by atoms with Crippen LogP contribution in [-0.4, -0.2) is 61.9 Å². The van der Waals surface area contributed by atoms with Crippen molar-refractivity contribution in [3.8, 4) is 0 Å². The average Bonchev–Trinajstić information content (AvgIpc) is 3.38. The Bertz CT molecular complexity index is 1650. The molecular formula is C27H28BrN7O4. The van der Waals surface area contributed by atoms with E-state index in [4.69, 9.17) is 10.5 Å². The van der Waals surface area contributed by atoms with E-state index < -0.39 is 12.0 Å². The summed E-state index contributed by atoms with van der Waals surface area (Å²) in [6.45, 7) is 6.24. The number of nitrogens with one attached hydrogen (secondary N) is 1. The Kier molecular flexibility index (Phi) is 6.75. The molecule has 2 amide bonds. The van der Waals surface area contributed by atoms with Crippen LogP contribution in [0.4, 0.5) is 11.6 Å². The molecule has 1 aliphatic heterocycles. The van der Waals surface area contributed by atoms with Crippen LogP contribution in [0.2, 0.25) is 0 Å². The molecule has 0 saturated carbocycles. The van der Waals surface area contributed by atoms with E-state index in [1.165, 1.54) is 13.4 Å². The second kappa shape index (κ2) is 9.92. The van der Waals surface area contributed by atoms with E-state index in [0.717, 1.165) is 5.56 Å². The van der Waals surface area contributed by atoms with Gasteiger partial charge in [-0.1, -0.05) is 19.9 Å². The molecule has 4 aromatic rings. The van der Waals surface area contributed by atoms with Crippen LogP contribution in [0.15, 0.2) is 41.3 Å². The zero-order chi connectivity index (χ0) is 28.1. The summed E-state index contributed by atoms with van der Waals surface area (Å²) >= 11 is 3.31. The van der Waals surface area contributed by atoms with E-state index in [1.807, 2.05) is 20.8 Å². The summed E-state index contributed by atoms with van der Waals surface area (Å²) in [5.41, 5.74) is 8.25. The summed E-state index contributed by atoms with van der Waals surface area (Å²) in [6.07, 6.45) is 1.84. The summed E-state index contributed by atoms with van der Waals surface area (Å²) in [4.78, 5) is 54.0. The number of nitrogens with two attached hydrogens (primary N) is 1. The zero-order valence-electron chi connectivity index (χ0n) is 22.0. The number of hydrogen-bond donors (Lipinski definition) is 2. The van der Waals surface area contributed by atoms with Gasteiger partial charge in [0, 0.05) is 11.9 Å². The predicted octanol–water partition coefficient (Wildman–Crippen LogP) is 3.69. The molecule has 1 aliphatic rings. The van der Waals surface area contributed by atoms with Gasteiger partial charge in [-0.25, -0.2) is 19.7 Å². The quantitative estimate of drug-likeness (QED) is 0.263. The molecule has 0 bridgehead atoms. The number of hydrogen-bond acceptors (Lipinski definition) is 8. The highest BCUT2D eigenvalue weighted by atomic mass is 79.9. The Balaban J connectivity index is 1.53. The van der Waals surface area contributed by atoms with Gasteiger partial charge in [0.15, 0.2) is 0 Å². The Morgan fingerprint density at radius 2 is 2.00 bits per heavy atom. The normalized spacial score (nSPS) is 16.5. The van der Waals surface area contributed by atoms with Gasteiger partial charge in [0.05, 0.1) is 23.6 Å². The zero-order valence-corrected chi connectivity index (χ0v) is 23.6. The lowest BCUT2D eigenvalue weighted by Gasteiger charge is -2.25. The number of benzene rings is 1. The molecule has 0 radical (unpaired) electrons. The van der Waals surface area contributed by atoms with E-state index in [2.05, 4.69) is 36.2 Å². The standard InChI is InChI=1S/C27H28BrN7O4/c1-14-8-15(26(38)39-4)9-16-21-23(29)30-13-31-24(21)34(22(14)16)11-20(36)35-12-27(2,3)10-17(35)25(37)33-19-7-5-6-18(28)32-19/h5-9,13,17H,10-12H2,1-4H3,(H2,29,30,31)(H,32,33,37)/t17-/m0/s1. The van der Waals surface area contributed by atoms with Crippen molar-refractivity contribution in [2.24, 2.45) is 5.41 Å². The number of likely N-dealkylation sites (tertiary alicyclic amines) is 1. The summed E-state index contributed by atoms with van der Waals surface area (Å²) < 4.78 is 7.28. The monoisotopic (exact) mass is 593 g/mol. The van der Waals surface area contributed by atoms with Crippen LogP contribution < -0.4 is 11.1 Å². The van der Waals surface area contributed by atoms with E-state index >= 15 is 0 Å². The van der Waals surface area contributed by atoms with Crippen molar-refractivity contribution in [1.29, 1.82) is 0 Å². The summed E-state index contributed by atoms with van der Waals surface area (Å²) in [7, 11) is 1.32. The number of aryl methyl sites for hydroxylation is 1. The number of carbonyl (C=O) groups is 3. The first-order valence-electron chi connectivity index (χ1n) is 12.3. The van der Waals surface area contributed by atoms with Crippen LogP contribution in [0.1, 0.15) is 36.2 Å². The summed E-state index contributed by atoms with van der Waals surface area (Å²) in [5.74, 6) is -0.389. The number of rotatable bonds is 5. The highest BCUT2D eigenvalue weighted by Gasteiger charge is 2.44. The van der Waals surface area contributed by atoms with Gasteiger partial charge in [0.1, 0.15) is 40.8 Å². The predicted molar refractivity (Wildman–Crippen MR) is 150 cm³/mol.